The van der Waals surface area contributed by atoms with Crippen LogP contribution in [0.4, 0.5) is 0 Å². The topological polar surface area (TPSA) is 29.3 Å². The zero-order valence-corrected chi connectivity index (χ0v) is 11.0. The zero-order valence-electron chi connectivity index (χ0n) is 11.0. The van der Waals surface area contributed by atoms with Gasteiger partial charge in [0.1, 0.15) is 0 Å². The molecule has 2 aliphatic carbocycles. The first-order valence-corrected chi connectivity index (χ1v) is 7.14. The van der Waals surface area contributed by atoms with Crippen LogP contribution in [0.2, 0.25) is 0 Å². The molecule has 0 spiro atoms. The molecule has 1 unspecified atom stereocenters. The third-order valence-electron chi connectivity index (χ3n) is 5.07. The molecule has 2 aliphatic rings. The minimum atomic E-state index is 0.322. The molecule has 2 fully saturated rings. The normalized spacial score (nSPS) is 26.2. The van der Waals surface area contributed by atoms with Crippen LogP contribution in [0.15, 0.2) is 0 Å². The number of nitrogens with zero attached hydrogens (tertiary/aromatic N) is 1. The Morgan fingerprint density at radius 2 is 1.81 bits per heavy atom. The Kier molecular flexibility index (Phi) is 3.91. The lowest BCUT2D eigenvalue weighted by atomic mass is 9.87. The average Bonchev–Trinajstić information content (AvgIpc) is 3.01. The summed E-state index contributed by atoms with van der Waals surface area (Å²) in [4.78, 5) is 2.61. The quantitative estimate of drug-likeness (QED) is 0.751. The number of hydrogen-bond donors (Lipinski definition) is 1. The summed E-state index contributed by atoms with van der Waals surface area (Å²) in [5.41, 5.74) is 6.41. The molecule has 2 N–H and O–H groups in total. The van der Waals surface area contributed by atoms with E-state index < -0.39 is 0 Å². The molecule has 0 aromatic rings. The fraction of sp³-hybridized carbons (Fsp3) is 1.00. The maximum absolute atomic E-state index is 6.09. The number of nitrogens with two attached hydrogens (primary N) is 1. The van der Waals surface area contributed by atoms with Crippen molar-refractivity contribution in [2.45, 2.75) is 57.4 Å². The van der Waals surface area contributed by atoms with Crippen LogP contribution in [0.5, 0.6) is 0 Å². The van der Waals surface area contributed by atoms with Gasteiger partial charge in [-0.25, -0.2) is 0 Å². The fourth-order valence-corrected chi connectivity index (χ4v) is 3.72. The van der Waals surface area contributed by atoms with Gasteiger partial charge < -0.3 is 5.73 Å². The number of hydrogen-bond acceptors (Lipinski definition) is 2. The molecule has 0 amide bonds. The molecule has 94 valence electrons. The summed E-state index contributed by atoms with van der Waals surface area (Å²) in [5, 5.41) is 0. The lowest BCUT2D eigenvalue weighted by Crippen LogP contribution is -2.54. The molecule has 2 rings (SSSR count). The van der Waals surface area contributed by atoms with Gasteiger partial charge in [0.05, 0.1) is 0 Å². The van der Waals surface area contributed by atoms with Crippen LogP contribution in [-0.4, -0.2) is 30.6 Å². The van der Waals surface area contributed by atoms with E-state index in [4.69, 9.17) is 5.73 Å². The second-order valence-corrected chi connectivity index (χ2v) is 5.97. The van der Waals surface area contributed by atoms with Crippen LogP contribution in [0.1, 0.15) is 51.9 Å². The van der Waals surface area contributed by atoms with E-state index in [0.717, 1.165) is 18.4 Å². The van der Waals surface area contributed by atoms with Crippen molar-refractivity contribution in [3.05, 3.63) is 0 Å². The van der Waals surface area contributed by atoms with Crippen molar-refractivity contribution < 1.29 is 0 Å². The van der Waals surface area contributed by atoms with E-state index in [1.54, 1.807) is 0 Å². The Bertz CT molecular complexity index is 213. The highest BCUT2D eigenvalue weighted by Gasteiger charge is 2.45. The third-order valence-corrected chi connectivity index (χ3v) is 5.07. The minimum absolute atomic E-state index is 0.322. The van der Waals surface area contributed by atoms with E-state index in [2.05, 4.69) is 18.9 Å². The second-order valence-electron chi connectivity index (χ2n) is 5.97. The molecule has 0 aromatic heterocycles. The lowest BCUT2D eigenvalue weighted by Gasteiger charge is -2.42. The summed E-state index contributed by atoms with van der Waals surface area (Å²) in [6, 6.07) is 0. The molecule has 0 radical (unpaired) electrons. The highest BCUT2D eigenvalue weighted by Crippen LogP contribution is 2.44. The fourth-order valence-electron chi connectivity index (χ4n) is 3.72. The summed E-state index contributed by atoms with van der Waals surface area (Å²) < 4.78 is 0. The summed E-state index contributed by atoms with van der Waals surface area (Å²) in [6.07, 6.45) is 9.81. The molecule has 0 bridgehead atoms. The summed E-state index contributed by atoms with van der Waals surface area (Å²) in [5.74, 6) is 1.83. The highest BCUT2D eigenvalue weighted by atomic mass is 15.2. The van der Waals surface area contributed by atoms with Gasteiger partial charge in [0.15, 0.2) is 0 Å². The first-order chi connectivity index (χ1) is 7.73. The highest BCUT2D eigenvalue weighted by molar-refractivity contribution is 5.02. The first kappa shape index (κ1) is 12.4. The second kappa shape index (κ2) is 5.05. The van der Waals surface area contributed by atoms with Crippen molar-refractivity contribution in [1.29, 1.82) is 0 Å². The molecule has 0 aliphatic heterocycles. The van der Waals surface area contributed by atoms with Crippen molar-refractivity contribution in [1.82, 2.24) is 4.90 Å². The van der Waals surface area contributed by atoms with E-state index in [1.807, 2.05) is 0 Å². The van der Waals surface area contributed by atoms with Gasteiger partial charge in [0.25, 0.3) is 0 Å². The van der Waals surface area contributed by atoms with Gasteiger partial charge in [-0.2, -0.15) is 0 Å². The van der Waals surface area contributed by atoms with E-state index >= 15 is 0 Å². The maximum Gasteiger partial charge on any atom is 0.0354 e. The largest absolute Gasteiger partial charge is 0.329 e. The molecule has 2 heteroatoms. The van der Waals surface area contributed by atoms with Crippen LogP contribution in [-0.2, 0) is 0 Å². The van der Waals surface area contributed by atoms with Gasteiger partial charge in [-0.05, 0) is 51.0 Å². The Balaban J connectivity index is 1.95. The summed E-state index contributed by atoms with van der Waals surface area (Å²) in [6.45, 7) is 4.44. The van der Waals surface area contributed by atoms with Gasteiger partial charge in [-0.15, -0.1) is 0 Å². The molecule has 2 nitrogen and oxygen atoms in total. The van der Waals surface area contributed by atoms with Crippen LogP contribution >= 0.6 is 0 Å². The Hall–Kier alpha value is -0.0800. The van der Waals surface area contributed by atoms with Gasteiger partial charge in [-0.1, -0.05) is 19.8 Å². The van der Waals surface area contributed by atoms with Crippen LogP contribution in [0.25, 0.3) is 0 Å². The molecule has 0 saturated heterocycles. The van der Waals surface area contributed by atoms with Crippen LogP contribution < -0.4 is 5.73 Å². The Morgan fingerprint density at radius 3 is 2.25 bits per heavy atom. The Morgan fingerprint density at radius 1 is 1.19 bits per heavy atom. The monoisotopic (exact) mass is 224 g/mol. The predicted octanol–water partition coefficient (Wildman–Crippen LogP) is 2.63. The van der Waals surface area contributed by atoms with E-state index in [-0.39, 0.29) is 0 Å². The minimum Gasteiger partial charge on any atom is -0.329 e. The first-order valence-electron chi connectivity index (χ1n) is 7.14. The molecule has 0 aromatic carbocycles. The van der Waals surface area contributed by atoms with E-state index in [0.29, 0.717) is 5.54 Å². The van der Waals surface area contributed by atoms with E-state index in [9.17, 15) is 0 Å². The van der Waals surface area contributed by atoms with Gasteiger partial charge in [0.2, 0.25) is 0 Å². The van der Waals surface area contributed by atoms with Crippen molar-refractivity contribution in [3.63, 3.8) is 0 Å². The van der Waals surface area contributed by atoms with Crippen molar-refractivity contribution in [2.75, 3.05) is 20.1 Å². The van der Waals surface area contributed by atoms with Crippen molar-refractivity contribution in [2.24, 2.45) is 17.6 Å². The molecular formula is C14H28N2. The summed E-state index contributed by atoms with van der Waals surface area (Å²) >= 11 is 0. The number of likely N-dealkylation sites (N-methyl/N-ethyl adjacent to an activating group) is 1. The Labute approximate surface area is 101 Å². The molecule has 2 saturated carbocycles. The van der Waals surface area contributed by atoms with Gasteiger partial charge in [0, 0.05) is 18.6 Å². The van der Waals surface area contributed by atoms with Crippen LogP contribution in [0, 0.1) is 11.8 Å². The molecule has 0 heterocycles. The third kappa shape index (κ3) is 2.28. The zero-order chi connectivity index (χ0) is 11.6. The van der Waals surface area contributed by atoms with Gasteiger partial charge >= 0.3 is 0 Å². The number of rotatable bonds is 6. The lowest BCUT2D eigenvalue weighted by molar-refractivity contribution is 0.0801. The average molecular weight is 224 g/mol. The SMILES string of the molecule is CCC(CN)(C1CC1)N(C)CC1CCCC1. The van der Waals surface area contributed by atoms with Gasteiger partial charge in [-0.3, -0.25) is 4.90 Å². The van der Waals surface area contributed by atoms with Crippen LogP contribution in [0.3, 0.4) is 0 Å². The molecule has 1 atom stereocenters. The van der Waals surface area contributed by atoms with E-state index in [1.165, 1.54) is 51.5 Å². The molecule has 16 heavy (non-hydrogen) atoms. The standard InChI is InChI=1S/C14H28N2/c1-3-14(11-15,13-8-9-13)16(2)10-12-6-4-5-7-12/h12-13H,3-11,15H2,1-2H3. The van der Waals surface area contributed by atoms with Crippen molar-refractivity contribution >= 4 is 0 Å². The smallest absolute Gasteiger partial charge is 0.0354 e. The maximum atomic E-state index is 6.09. The van der Waals surface area contributed by atoms with Crippen molar-refractivity contribution in [3.8, 4) is 0 Å². The molecular weight excluding hydrogens is 196 g/mol. The summed E-state index contributed by atoms with van der Waals surface area (Å²) in [7, 11) is 2.31. The predicted molar refractivity (Wildman–Crippen MR) is 69.4 cm³/mol.